The molecule has 0 amide bonds. The number of hydrogen-bond donors (Lipinski definition) is 1. The van der Waals surface area contributed by atoms with Crippen LogP contribution < -0.4 is 10.2 Å². The van der Waals surface area contributed by atoms with Crippen LogP contribution in [0.5, 0.6) is 0 Å². The van der Waals surface area contributed by atoms with E-state index in [0.29, 0.717) is 12.5 Å². The fourth-order valence-corrected chi connectivity index (χ4v) is 3.97. The van der Waals surface area contributed by atoms with Gasteiger partial charge in [-0.2, -0.15) is 0 Å². The zero-order chi connectivity index (χ0) is 22.3. The molecule has 1 unspecified atom stereocenters. The highest BCUT2D eigenvalue weighted by molar-refractivity contribution is 14.0. The minimum atomic E-state index is -0.399. The lowest BCUT2D eigenvalue weighted by Gasteiger charge is -2.38. The highest BCUT2D eigenvalue weighted by atomic mass is 127. The molecule has 4 rings (SSSR count). The Hall–Kier alpha value is -2.47. The second-order valence-electron chi connectivity index (χ2n) is 8.12. The summed E-state index contributed by atoms with van der Waals surface area (Å²) < 4.78 is 18.7. The van der Waals surface area contributed by atoms with Gasteiger partial charge in [0, 0.05) is 63.1 Å². The molecule has 0 saturated carbocycles. The summed E-state index contributed by atoms with van der Waals surface area (Å²) in [5, 5.41) is 14.4. The number of benzene rings is 2. The van der Waals surface area contributed by atoms with Crippen LogP contribution in [0.15, 0.2) is 53.5 Å². The first-order valence-electron chi connectivity index (χ1n) is 10.9. The van der Waals surface area contributed by atoms with Gasteiger partial charge < -0.3 is 19.9 Å². The van der Waals surface area contributed by atoms with Crippen LogP contribution in [0.2, 0.25) is 0 Å². The molecular weight excluding hydrogens is 540 g/mol. The Morgan fingerprint density at radius 3 is 2.42 bits per heavy atom. The summed E-state index contributed by atoms with van der Waals surface area (Å²) in [6.07, 6.45) is 1.04. The lowest BCUT2D eigenvalue weighted by atomic mass is 10.1. The molecule has 2 fully saturated rings. The van der Waals surface area contributed by atoms with Gasteiger partial charge in [-0.3, -0.25) is 10.1 Å². The maximum Gasteiger partial charge on any atom is 0.269 e. The maximum absolute atomic E-state index is 13.2. The number of rotatable bonds is 6. The molecule has 2 aromatic rings. The Labute approximate surface area is 210 Å². The van der Waals surface area contributed by atoms with E-state index < -0.39 is 4.92 Å². The minimum Gasteiger partial charge on any atom is -0.381 e. The molecule has 2 aromatic carbocycles. The third kappa shape index (κ3) is 7.00. The number of anilines is 1. The number of halogens is 2. The van der Waals surface area contributed by atoms with E-state index in [2.05, 4.69) is 15.1 Å². The monoisotopic (exact) mass is 569 g/mol. The quantitative estimate of drug-likeness (QED) is 0.188. The van der Waals surface area contributed by atoms with Gasteiger partial charge in [-0.25, -0.2) is 9.38 Å². The fourth-order valence-electron chi connectivity index (χ4n) is 3.97. The van der Waals surface area contributed by atoms with Gasteiger partial charge in [-0.05, 0) is 36.2 Å². The molecule has 2 saturated heterocycles. The van der Waals surface area contributed by atoms with Crippen LogP contribution in [-0.2, 0) is 11.3 Å². The SMILES string of the molecule is I.O=[N+]([O-])c1ccc(CN=C(NCC2CCOC2)N2CCN(c3ccc(F)cc3)CC2)cc1. The van der Waals surface area contributed by atoms with Gasteiger partial charge in [-0.1, -0.05) is 12.1 Å². The zero-order valence-electron chi connectivity index (χ0n) is 18.4. The van der Waals surface area contributed by atoms with Crippen molar-refractivity contribution in [3.8, 4) is 0 Å². The molecule has 0 spiro atoms. The van der Waals surface area contributed by atoms with Crippen molar-refractivity contribution in [2.75, 3.05) is 50.8 Å². The van der Waals surface area contributed by atoms with Gasteiger partial charge in [0.25, 0.3) is 5.69 Å². The van der Waals surface area contributed by atoms with E-state index in [-0.39, 0.29) is 35.5 Å². The predicted octanol–water partition coefficient (Wildman–Crippen LogP) is 3.66. The van der Waals surface area contributed by atoms with Crippen LogP contribution in [0.1, 0.15) is 12.0 Å². The van der Waals surface area contributed by atoms with E-state index in [1.54, 1.807) is 12.1 Å². The molecule has 0 radical (unpaired) electrons. The molecular formula is C23H29FIN5O3. The van der Waals surface area contributed by atoms with Crippen LogP contribution in [-0.4, -0.2) is 61.7 Å². The third-order valence-corrected chi connectivity index (χ3v) is 5.90. The van der Waals surface area contributed by atoms with Gasteiger partial charge in [0.2, 0.25) is 0 Å². The van der Waals surface area contributed by atoms with Gasteiger partial charge in [0.1, 0.15) is 5.82 Å². The highest BCUT2D eigenvalue weighted by Crippen LogP contribution is 2.18. The maximum atomic E-state index is 13.2. The average molecular weight is 569 g/mol. The number of non-ortho nitro benzene ring substituents is 1. The summed E-state index contributed by atoms with van der Waals surface area (Å²) >= 11 is 0. The van der Waals surface area contributed by atoms with Crippen molar-refractivity contribution in [1.29, 1.82) is 0 Å². The van der Waals surface area contributed by atoms with Crippen molar-refractivity contribution in [1.82, 2.24) is 10.2 Å². The van der Waals surface area contributed by atoms with Crippen LogP contribution in [0, 0.1) is 21.8 Å². The zero-order valence-corrected chi connectivity index (χ0v) is 20.7. The molecule has 178 valence electrons. The molecule has 0 aliphatic carbocycles. The second kappa shape index (κ2) is 12.1. The van der Waals surface area contributed by atoms with Gasteiger partial charge >= 0.3 is 0 Å². The molecule has 8 nitrogen and oxygen atoms in total. The van der Waals surface area contributed by atoms with Crippen LogP contribution >= 0.6 is 24.0 Å². The number of nitro benzene ring substituents is 1. The lowest BCUT2D eigenvalue weighted by molar-refractivity contribution is -0.384. The first-order valence-corrected chi connectivity index (χ1v) is 10.9. The molecule has 2 heterocycles. The number of ether oxygens (including phenoxy) is 1. The summed E-state index contributed by atoms with van der Waals surface area (Å²) in [6, 6.07) is 13.1. The normalized spacial score (nSPS) is 18.7. The Balaban J connectivity index is 0.00000306. The average Bonchev–Trinajstić information content (AvgIpc) is 3.34. The third-order valence-electron chi connectivity index (χ3n) is 5.90. The first-order chi connectivity index (χ1) is 15.6. The Morgan fingerprint density at radius 1 is 1.12 bits per heavy atom. The molecule has 0 aromatic heterocycles. The van der Waals surface area contributed by atoms with Gasteiger partial charge in [-0.15, -0.1) is 24.0 Å². The molecule has 2 aliphatic heterocycles. The van der Waals surface area contributed by atoms with E-state index in [1.807, 2.05) is 12.1 Å². The van der Waals surface area contributed by atoms with Crippen molar-refractivity contribution >= 4 is 41.3 Å². The fraction of sp³-hybridized carbons (Fsp3) is 0.435. The summed E-state index contributed by atoms with van der Waals surface area (Å²) in [5.41, 5.74) is 2.02. The number of guanidine groups is 1. The molecule has 33 heavy (non-hydrogen) atoms. The Bertz CT molecular complexity index is 928. The predicted molar refractivity (Wildman–Crippen MR) is 137 cm³/mol. The minimum absolute atomic E-state index is 0. The van der Waals surface area contributed by atoms with Crippen molar-refractivity contribution in [2.45, 2.75) is 13.0 Å². The van der Waals surface area contributed by atoms with Crippen LogP contribution in [0.4, 0.5) is 15.8 Å². The van der Waals surface area contributed by atoms with E-state index in [4.69, 9.17) is 9.73 Å². The number of nitrogens with zero attached hydrogens (tertiary/aromatic N) is 4. The Morgan fingerprint density at radius 2 is 1.82 bits per heavy atom. The van der Waals surface area contributed by atoms with E-state index >= 15 is 0 Å². The summed E-state index contributed by atoms with van der Waals surface area (Å²) in [6.45, 7) is 6.04. The van der Waals surface area contributed by atoms with Crippen LogP contribution in [0.25, 0.3) is 0 Å². The largest absolute Gasteiger partial charge is 0.381 e. The molecule has 1 N–H and O–H groups in total. The number of aliphatic imine (C=N–C) groups is 1. The topological polar surface area (TPSA) is 83.2 Å². The summed E-state index contributed by atoms with van der Waals surface area (Å²) in [7, 11) is 0. The highest BCUT2D eigenvalue weighted by Gasteiger charge is 2.22. The molecule has 1 atom stereocenters. The van der Waals surface area contributed by atoms with Crippen molar-refractivity contribution in [3.05, 3.63) is 70.0 Å². The summed E-state index contributed by atoms with van der Waals surface area (Å²) in [4.78, 5) is 19.8. The standard InChI is InChI=1S/C23H28FN5O3.HI/c24-20-3-7-21(8-4-20)27-10-12-28(13-11-27)23(26-16-19-9-14-32-17-19)25-15-18-1-5-22(6-2-18)29(30)31;/h1-8,19H,9-17H2,(H,25,26);1H. The van der Waals surface area contributed by atoms with E-state index in [0.717, 1.165) is 69.6 Å². The number of nitrogens with one attached hydrogen (secondary N) is 1. The molecule has 0 bridgehead atoms. The van der Waals surface area contributed by atoms with E-state index in [1.165, 1.54) is 24.3 Å². The van der Waals surface area contributed by atoms with Crippen LogP contribution in [0.3, 0.4) is 0 Å². The van der Waals surface area contributed by atoms with Gasteiger partial charge in [0.15, 0.2) is 5.96 Å². The lowest BCUT2D eigenvalue weighted by Crippen LogP contribution is -2.53. The summed E-state index contributed by atoms with van der Waals surface area (Å²) in [5.74, 6) is 1.09. The first kappa shape index (κ1) is 25.2. The smallest absolute Gasteiger partial charge is 0.269 e. The van der Waals surface area contributed by atoms with Crippen molar-refractivity contribution in [2.24, 2.45) is 10.9 Å². The number of piperazine rings is 1. The molecule has 10 heteroatoms. The number of nitro groups is 1. The second-order valence-corrected chi connectivity index (χ2v) is 8.12. The Kier molecular flexibility index (Phi) is 9.24. The van der Waals surface area contributed by atoms with Gasteiger partial charge in [0.05, 0.1) is 18.1 Å². The van der Waals surface area contributed by atoms with E-state index in [9.17, 15) is 14.5 Å². The molecule has 2 aliphatic rings. The number of hydrogen-bond acceptors (Lipinski definition) is 5. The van der Waals surface area contributed by atoms with Crippen molar-refractivity contribution < 1.29 is 14.1 Å². The van der Waals surface area contributed by atoms with Crippen molar-refractivity contribution in [3.63, 3.8) is 0 Å².